The Bertz CT molecular complexity index is 425. The lowest BCUT2D eigenvalue weighted by molar-refractivity contribution is -0.132. The van der Waals surface area contributed by atoms with E-state index >= 15 is 0 Å². The van der Waals surface area contributed by atoms with Crippen LogP contribution in [0.3, 0.4) is 0 Å². The number of likely N-dealkylation sites (N-methyl/N-ethyl adjacent to an activating group) is 1. The summed E-state index contributed by atoms with van der Waals surface area (Å²) >= 11 is 0. The number of hydrogen-bond donors (Lipinski definition) is 0. The third-order valence-electron chi connectivity index (χ3n) is 3.58. The first kappa shape index (κ1) is 15.0. The Kier molecular flexibility index (Phi) is 5.52. The molecule has 0 radical (unpaired) electrons. The van der Waals surface area contributed by atoms with Gasteiger partial charge in [-0.3, -0.25) is 9.69 Å². The van der Waals surface area contributed by atoms with Crippen LogP contribution in [0.5, 0.6) is 0 Å². The zero-order valence-electron chi connectivity index (χ0n) is 12.5. The summed E-state index contributed by atoms with van der Waals surface area (Å²) in [5, 5.41) is 7.91. The van der Waals surface area contributed by atoms with E-state index < -0.39 is 0 Å². The van der Waals surface area contributed by atoms with Gasteiger partial charge in [0.2, 0.25) is 17.7 Å². The molecule has 2 rings (SSSR count). The molecule has 0 saturated carbocycles. The lowest BCUT2D eigenvalue weighted by Crippen LogP contribution is -2.39. The van der Waals surface area contributed by atoms with Gasteiger partial charge in [-0.25, -0.2) is 0 Å². The fourth-order valence-electron chi connectivity index (χ4n) is 2.43. The van der Waals surface area contributed by atoms with E-state index in [1.807, 2.05) is 23.8 Å². The van der Waals surface area contributed by atoms with Crippen LogP contribution in [0.1, 0.15) is 44.4 Å². The summed E-state index contributed by atoms with van der Waals surface area (Å²) in [6, 6.07) is 0. The topological polar surface area (TPSA) is 62.5 Å². The third kappa shape index (κ3) is 4.30. The van der Waals surface area contributed by atoms with Crippen molar-refractivity contribution < 1.29 is 9.21 Å². The third-order valence-corrected chi connectivity index (χ3v) is 3.58. The molecule has 0 atom stereocenters. The Morgan fingerprint density at radius 1 is 1.20 bits per heavy atom. The van der Waals surface area contributed by atoms with Crippen molar-refractivity contribution in [2.75, 3.05) is 26.7 Å². The number of nitrogens with zero attached hydrogens (tertiary/aromatic N) is 4. The largest absolute Gasteiger partial charge is 0.424 e. The van der Waals surface area contributed by atoms with Crippen molar-refractivity contribution in [1.29, 1.82) is 0 Å². The summed E-state index contributed by atoms with van der Waals surface area (Å²) in [5.74, 6) is 1.42. The molecule has 0 N–H and O–H groups in total. The number of likely N-dealkylation sites (tertiary alicyclic amines) is 1. The van der Waals surface area contributed by atoms with E-state index in [1.165, 1.54) is 12.8 Å². The summed E-state index contributed by atoms with van der Waals surface area (Å²) < 4.78 is 5.46. The van der Waals surface area contributed by atoms with E-state index in [4.69, 9.17) is 4.42 Å². The van der Waals surface area contributed by atoms with Crippen molar-refractivity contribution in [2.45, 2.75) is 45.6 Å². The van der Waals surface area contributed by atoms with Gasteiger partial charge in [-0.15, -0.1) is 10.2 Å². The summed E-state index contributed by atoms with van der Waals surface area (Å²) in [4.78, 5) is 16.1. The molecule has 0 bridgehead atoms. The molecule has 1 aromatic heterocycles. The van der Waals surface area contributed by atoms with Crippen molar-refractivity contribution in [3.63, 3.8) is 0 Å². The first-order chi connectivity index (χ1) is 9.69. The zero-order chi connectivity index (χ0) is 14.4. The molecule has 1 amide bonds. The van der Waals surface area contributed by atoms with Crippen LogP contribution in [-0.4, -0.2) is 52.6 Å². The van der Waals surface area contributed by atoms with Gasteiger partial charge in [0, 0.05) is 19.5 Å². The maximum atomic E-state index is 12.2. The summed E-state index contributed by atoms with van der Waals surface area (Å²) in [7, 11) is 1.91. The van der Waals surface area contributed by atoms with Crippen LogP contribution in [-0.2, 0) is 17.8 Å². The Labute approximate surface area is 120 Å². The Hall–Kier alpha value is -1.43. The molecule has 6 nitrogen and oxygen atoms in total. The fourth-order valence-corrected chi connectivity index (χ4v) is 2.43. The fraction of sp³-hybridized carbons (Fsp3) is 0.786. The minimum atomic E-state index is 0.199. The van der Waals surface area contributed by atoms with Gasteiger partial charge < -0.3 is 9.32 Å². The maximum Gasteiger partial charge on any atom is 0.236 e. The van der Waals surface area contributed by atoms with E-state index in [1.54, 1.807) is 0 Å². The minimum absolute atomic E-state index is 0.199. The molecule has 0 spiro atoms. The molecule has 1 saturated heterocycles. The van der Waals surface area contributed by atoms with Gasteiger partial charge >= 0.3 is 0 Å². The highest BCUT2D eigenvalue weighted by Crippen LogP contribution is 2.10. The Morgan fingerprint density at radius 3 is 2.45 bits per heavy atom. The monoisotopic (exact) mass is 280 g/mol. The average Bonchev–Trinajstić information content (AvgIpc) is 2.71. The van der Waals surface area contributed by atoms with Crippen LogP contribution >= 0.6 is 0 Å². The molecule has 1 aliphatic rings. The lowest BCUT2D eigenvalue weighted by atomic mass is 10.2. The van der Waals surface area contributed by atoms with Crippen molar-refractivity contribution in [3.8, 4) is 0 Å². The molecule has 1 aliphatic heterocycles. The average molecular weight is 280 g/mol. The van der Waals surface area contributed by atoms with Crippen molar-refractivity contribution >= 4 is 5.91 Å². The van der Waals surface area contributed by atoms with Gasteiger partial charge in [-0.2, -0.15) is 0 Å². The highest BCUT2D eigenvalue weighted by atomic mass is 16.4. The van der Waals surface area contributed by atoms with Gasteiger partial charge in [0.1, 0.15) is 0 Å². The van der Waals surface area contributed by atoms with E-state index in [2.05, 4.69) is 10.2 Å². The van der Waals surface area contributed by atoms with Crippen LogP contribution in [0.25, 0.3) is 0 Å². The molecule has 2 heterocycles. The zero-order valence-corrected chi connectivity index (χ0v) is 12.5. The smallest absolute Gasteiger partial charge is 0.236 e. The Morgan fingerprint density at radius 2 is 1.85 bits per heavy atom. The SMILES string of the molecule is CCc1nnc(CN(C)CC(=O)N2CCCCCC2)o1. The highest BCUT2D eigenvalue weighted by molar-refractivity contribution is 5.78. The van der Waals surface area contributed by atoms with Gasteiger partial charge in [-0.05, 0) is 19.9 Å². The molecule has 0 aromatic carbocycles. The van der Waals surface area contributed by atoms with E-state index in [9.17, 15) is 4.79 Å². The van der Waals surface area contributed by atoms with Crippen LogP contribution in [0.2, 0.25) is 0 Å². The normalized spacial score (nSPS) is 16.4. The molecule has 112 valence electrons. The second-order valence-electron chi connectivity index (χ2n) is 5.41. The predicted octanol–water partition coefficient (Wildman–Crippen LogP) is 1.47. The van der Waals surface area contributed by atoms with Gasteiger partial charge in [0.05, 0.1) is 13.1 Å². The van der Waals surface area contributed by atoms with Gasteiger partial charge in [0.25, 0.3) is 0 Å². The number of aryl methyl sites for hydroxylation is 1. The number of hydrogen-bond acceptors (Lipinski definition) is 5. The summed E-state index contributed by atoms with van der Waals surface area (Å²) in [5.41, 5.74) is 0. The number of aromatic nitrogens is 2. The molecule has 1 aromatic rings. The molecular formula is C14H24N4O2. The summed E-state index contributed by atoms with van der Waals surface area (Å²) in [6.45, 7) is 4.70. The maximum absolute atomic E-state index is 12.2. The lowest BCUT2D eigenvalue weighted by Gasteiger charge is -2.23. The van der Waals surface area contributed by atoms with E-state index in [-0.39, 0.29) is 5.91 Å². The standard InChI is InChI=1S/C14H24N4O2/c1-3-12-15-16-13(20-12)10-17(2)11-14(19)18-8-6-4-5-7-9-18/h3-11H2,1-2H3. The quantitative estimate of drug-likeness (QED) is 0.817. The van der Waals surface area contributed by atoms with Crippen LogP contribution < -0.4 is 0 Å². The predicted molar refractivity (Wildman–Crippen MR) is 75.1 cm³/mol. The van der Waals surface area contributed by atoms with Crippen molar-refractivity contribution in [3.05, 3.63) is 11.8 Å². The van der Waals surface area contributed by atoms with Crippen molar-refractivity contribution in [1.82, 2.24) is 20.0 Å². The second-order valence-corrected chi connectivity index (χ2v) is 5.41. The summed E-state index contributed by atoms with van der Waals surface area (Å²) in [6.07, 6.45) is 5.46. The first-order valence-corrected chi connectivity index (χ1v) is 7.46. The molecule has 0 aliphatic carbocycles. The van der Waals surface area contributed by atoms with Crippen molar-refractivity contribution in [2.24, 2.45) is 0 Å². The second kappa shape index (κ2) is 7.38. The Balaban J connectivity index is 1.80. The first-order valence-electron chi connectivity index (χ1n) is 7.46. The van der Waals surface area contributed by atoms with E-state index in [0.717, 1.165) is 32.4 Å². The van der Waals surface area contributed by atoms with Crippen LogP contribution in [0.4, 0.5) is 0 Å². The highest BCUT2D eigenvalue weighted by Gasteiger charge is 2.18. The molecule has 0 unspecified atom stereocenters. The van der Waals surface area contributed by atoms with E-state index in [0.29, 0.717) is 24.9 Å². The number of amides is 1. The van der Waals surface area contributed by atoms with Gasteiger partial charge in [-0.1, -0.05) is 19.8 Å². The van der Waals surface area contributed by atoms with Gasteiger partial charge in [0.15, 0.2) is 0 Å². The van der Waals surface area contributed by atoms with Crippen LogP contribution in [0.15, 0.2) is 4.42 Å². The van der Waals surface area contributed by atoms with Crippen LogP contribution in [0, 0.1) is 0 Å². The number of carbonyl (C=O) groups is 1. The molecular weight excluding hydrogens is 256 g/mol. The minimum Gasteiger partial charge on any atom is -0.424 e. The number of rotatable bonds is 5. The molecule has 20 heavy (non-hydrogen) atoms. The molecule has 1 fully saturated rings. The number of carbonyl (C=O) groups excluding carboxylic acids is 1. The molecule has 6 heteroatoms.